The minimum absolute atomic E-state index is 0.325. The van der Waals surface area contributed by atoms with Gasteiger partial charge in [-0.05, 0) is 18.1 Å². The zero-order valence-corrected chi connectivity index (χ0v) is 12.2. The van der Waals surface area contributed by atoms with Crippen LogP contribution in [-0.2, 0) is 5.41 Å². The standard InChI is InChI=1S/C13H19N.ClHO4/c1-4-9-14-10-13(2,3)11-7-5-6-8-12(11)14;2-1(3,4)5/h5-8H,4,9-10H2,1-3H3;(H,2,3,4,5). The third kappa shape index (κ3) is 4.97. The van der Waals surface area contributed by atoms with E-state index in [9.17, 15) is 0 Å². The highest BCUT2D eigenvalue weighted by atomic mass is 35.7. The lowest BCUT2D eigenvalue weighted by atomic mass is 9.87. The fourth-order valence-corrected chi connectivity index (χ4v) is 2.44. The molecule has 0 saturated heterocycles. The second-order valence-electron chi connectivity index (χ2n) is 5.22. The van der Waals surface area contributed by atoms with Crippen molar-refractivity contribution < 1.29 is 28.9 Å². The van der Waals surface area contributed by atoms with E-state index in [-0.39, 0.29) is 0 Å². The number of rotatable bonds is 2. The van der Waals surface area contributed by atoms with Crippen LogP contribution in [0.4, 0.5) is 5.69 Å². The summed E-state index contributed by atoms with van der Waals surface area (Å²) in [5.41, 5.74) is 3.28. The van der Waals surface area contributed by atoms with Crippen molar-refractivity contribution >= 4 is 5.69 Å². The molecule has 108 valence electrons. The Morgan fingerprint density at radius 2 is 1.79 bits per heavy atom. The molecular weight excluding hydrogens is 270 g/mol. The molecular formula is C13H20ClNO4. The summed E-state index contributed by atoms with van der Waals surface area (Å²) in [5.74, 6) is 0. The van der Waals surface area contributed by atoms with Crippen LogP contribution in [0.3, 0.4) is 0 Å². The summed E-state index contributed by atoms with van der Waals surface area (Å²) >= 11 is 0. The number of benzene rings is 1. The van der Waals surface area contributed by atoms with E-state index >= 15 is 0 Å². The molecule has 1 aromatic carbocycles. The van der Waals surface area contributed by atoms with Crippen molar-refractivity contribution in [2.45, 2.75) is 32.6 Å². The van der Waals surface area contributed by atoms with Gasteiger partial charge < -0.3 is 4.90 Å². The van der Waals surface area contributed by atoms with Gasteiger partial charge in [0.15, 0.2) is 0 Å². The molecule has 0 saturated carbocycles. The average molecular weight is 290 g/mol. The highest BCUT2D eigenvalue weighted by Gasteiger charge is 2.33. The lowest BCUT2D eigenvalue weighted by Crippen LogP contribution is -2.58. The molecule has 6 heteroatoms. The fourth-order valence-electron chi connectivity index (χ4n) is 2.44. The van der Waals surface area contributed by atoms with Crippen LogP contribution in [0.2, 0.25) is 0 Å². The molecule has 0 unspecified atom stereocenters. The van der Waals surface area contributed by atoms with Crippen LogP contribution in [0.25, 0.3) is 0 Å². The minimum atomic E-state index is -4.69. The van der Waals surface area contributed by atoms with Gasteiger partial charge in [0, 0.05) is 24.2 Å². The average Bonchev–Trinajstić information content (AvgIpc) is 2.50. The van der Waals surface area contributed by atoms with Crippen molar-refractivity contribution in [3.05, 3.63) is 29.8 Å². The molecule has 0 bridgehead atoms. The molecule has 0 fully saturated rings. The summed E-state index contributed by atoms with van der Waals surface area (Å²) in [6.07, 6.45) is 1.23. The van der Waals surface area contributed by atoms with Crippen LogP contribution in [0, 0.1) is 10.2 Å². The third-order valence-corrected chi connectivity index (χ3v) is 3.05. The maximum Gasteiger partial charge on any atom is 0.0777 e. The van der Waals surface area contributed by atoms with Gasteiger partial charge in [-0.2, -0.15) is 14.0 Å². The van der Waals surface area contributed by atoms with Gasteiger partial charge in [-0.1, -0.05) is 39.0 Å². The van der Waals surface area contributed by atoms with Crippen LogP contribution in [0.5, 0.6) is 0 Å². The summed E-state index contributed by atoms with van der Waals surface area (Å²) < 4.78 is 32.7. The largest absolute Gasteiger partial charge is 0.370 e. The van der Waals surface area contributed by atoms with Gasteiger partial charge in [0.05, 0.1) is 14.9 Å². The fraction of sp³-hybridized carbons (Fsp3) is 0.538. The van der Waals surface area contributed by atoms with Gasteiger partial charge in [0.25, 0.3) is 0 Å². The lowest BCUT2D eigenvalue weighted by Gasteiger charge is -2.21. The number of fused-ring (bicyclic) bond motifs is 1. The Labute approximate surface area is 115 Å². The molecule has 0 aromatic heterocycles. The molecule has 1 N–H and O–H groups in total. The Bertz CT molecular complexity index is 411. The molecule has 0 radical (unpaired) electrons. The van der Waals surface area contributed by atoms with Crippen molar-refractivity contribution in [3.8, 4) is 0 Å². The number of anilines is 1. The van der Waals surface area contributed by atoms with E-state index in [2.05, 4.69) is 49.9 Å². The Kier molecular flexibility index (Phi) is 5.18. The zero-order valence-electron chi connectivity index (χ0n) is 11.4. The summed E-state index contributed by atoms with van der Waals surface area (Å²) in [6, 6.07) is 8.81. The van der Waals surface area contributed by atoms with Gasteiger partial charge in [-0.25, -0.2) is 0 Å². The second kappa shape index (κ2) is 6.07. The normalized spacial score (nSPS) is 16.7. The predicted octanol–water partition coefficient (Wildman–Crippen LogP) is -0.930. The van der Waals surface area contributed by atoms with Crippen LogP contribution >= 0.6 is 0 Å². The summed E-state index contributed by atoms with van der Waals surface area (Å²) in [6.45, 7) is 9.26. The van der Waals surface area contributed by atoms with Gasteiger partial charge in [-0.3, -0.25) is 0 Å². The topological polar surface area (TPSA) is 92.7 Å². The molecule has 2 rings (SSSR count). The van der Waals surface area contributed by atoms with E-state index in [1.807, 2.05) is 0 Å². The molecule has 19 heavy (non-hydrogen) atoms. The van der Waals surface area contributed by atoms with Gasteiger partial charge in [-0.15, -0.1) is 0 Å². The molecule has 1 aliphatic heterocycles. The van der Waals surface area contributed by atoms with E-state index in [4.69, 9.17) is 18.6 Å². The molecule has 1 heterocycles. The SMILES string of the molecule is CCCN1CC(C)(C)c2ccccc21.[O-][Cl+3]([O-])([O-])O. The highest BCUT2D eigenvalue weighted by molar-refractivity contribution is 5.61. The van der Waals surface area contributed by atoms with Crippen molar-refractivity contribution in [2.24, 2.45) is 0 Å². The van der Waals surface area contributed by atoms with Crippen molar-refractivity contribution in [3.63, 3.8) is 0 Å². The van der Waals surface area contributed by atoms with Gasteiger partial charge >= 0.3 is 0 Å². The number of para-hydroxylation sites is 1. The lowest BCUT2D eigenvalue weighted by molar-refractivity contribution is -1.92. The smallest absolute Gasteiger partial charge is 0.0777 e. The molecule has 0 spiro atoms. The quantitative estimate of drug-likeness (QED) is 0.759. The van der Waals surface area contributed by atoms with Gasteiger partial charge in [0.1, 0.15) is 0 Å². The van der Waals surface area contributed by atoms with Crippen LogP contribution in [-0.4, -0.2) is 17.7 Å². The first-order chi connectivity index (χ1) is 8.65. The summed E-state index contributed by atoms with van der Waals surface area (Å²) in [7, 11) is -4.69. The Morgan fingerprint density at radius 3 is 2.32 bits per heavy atom. The number of nitrogens with zero attached hydrogens (tertiary/aromatic N) is 1. The highest BCUT2D eigenvalue weighted by Crippen LogP contribution is 2.39. The monoisotopic (exact) mass is 289 g/mol. The zero-order chi connectivity index (χ0) is 14.7. The van der Waals surface area contributed by atoms with Crippen molar-refractivity contribution in [1.29, 1.82) is 0 Å². The van der Waals surface area contributed by atoms with Crippen LogP contribution in [0.15, 0.2) is 24.3 Å². The Morgan fingerprint density at radius 1 is 1.26 bits per heavy atom. The maximum absolute atomic E-state index is 8.60. The van der Waals surface area contributed by atoms with Crippen LogP contribution in [0.1, 0.15) is 32.8 Å². The maximum atomic E-state index is 8.60. The first kappa shape index (κ1) is 16.2. The first-order valence-corrected chi connectivity index (χ1v) is 7.39. The second-order valence-corrected chi connectivity index (χ2v) is 6.01. The van der Waals surface area contributed by atoms with Crippen LogP contribution < -0.4 is 18.9 Å². The third-order valence-electron chi connectivity index (χ3n) is 3.05. The Hall–Kier alpha value is -0.850. The molecule has 1 aromatic rings. The Balaban J connectivity index is 0.000000312. The van der Waals surface area contributed by atoms with Crippen molar-refractivity contribution in [2.75, 3.05) is 18.0 Å². The summed E-state index contributed by atoms with van der Waals surface area (Å²) in [5, 5.41) is 0. The minimum Gasteiger partial charge on any atom is -0.370 e. The van der Waals surface area contributed by atoms with E-state index < -0.39 is 10.2 Å². The molecule has 5 nitrogen and oxygen atoms in total. The molecule has 0 aliphatic carbocycles. The van der Waals surface area contributed by atoms with E-state index in [1.165, 1.54) is 30.8 Å². The van der Waals surface area contributed by atoms with E-state index in [1.54, 1.807) is 0 Å². The number of hydrogen-bond acceptors (Lipinski definition) is 5. The van der Waals surface area contributed by atoms with E-state index in [0.29, 0.717) is 5.41 Å². The van der Waals surface area contributed by atoms with E-state index in [0.717, 1.165) is 0 Å². The predicted molar refractivity (Wildman–Crippen MR) is 64.2 cm³/mol. The number of hydrogen-bond donors (Lipinski definition) is 1. The van der Waals surface area contributed by atoms with Crippen molar-refractivity contribution in [1.82, 2.24) is 0 Å². The summed E-state index contributed by atoms with van der Waals surface area (Å²) in [4.78, 5) is 2.51. The first-order valence-electron chi connectivity index (χ1n) is 6.13. The molecule has 0 atom stereocenters. The molecule has 0 amide bonds. The van der Waals surface area contributed by atoms with Gasteiger partial charge in [0.2, 0.25) is 0 Å². The number of halogens is 1. The molecule has 1 aliphatic rings.